The second-order valence-electron chi connectivity index (χ2n) is 4.44. The first-order valence-electron chi connectivity index (χ1n) is 5.99. The van der Waals surface area contributed by atoms with E-state index in [1.807, 2.05) is 6.92 Å². The van der Waals surface area contributed by atoms with E-state index in [1.165, 1.54) is 12.1 Å². The summed E-state index contributed by atoms with van der Waals surface area (Å²) in [5.41, 5.74) is 1.54. The maximum atomic E-state index is 13.1. The van der Waals surface area contributed by atoms with E-state index in [0.717, 1.165) is 11.6 Å². The molecule has 3 nitrogen and oxygen atoms in total. The van der Waals surface area contributed by atoms with Gasteiger partial charge in [-0.15, -0.1) is 0 Å². The fourth-order valence-corrected chi connectivity index (χ4v) is 1.87. The van der Waals surface area contributed by atoms with Crippen molar-refractivity contribution in [1.29, 1.82) is 0 Å². The molecule has 0 saturated heterocycles. The van der Waals surface area contributed by atoms with E-state index in [0.29, 0.717) is 17.8 Å². The Morgan fingerprint density at radius 1 is 1.11 bits per heavy atom. The van der Waals surface area contributed by atoms with Gasteiger partial charge in [0.05, 0.1) is 6.04 Å². The maximum Gasteiger partial charge on any atom is 0.145 e. The second-order valence-corrected chi connectivity index (χ2v) is 4.44. The van der Waals surface area contributed by atoms with Gasteiger partial charge in [0.15, 0.2) is 0 Å². The molecule has 0 radical (unpaired) electrons. The molecule has 19 heavy (non-hydrogen) atoms. The number of aryl methyl sites for hydroxylation is 1. The number of aromatic nitrogens is 2. The predicted molar refractivity (Wildman–Crippen MR) is 68.6 cm³/mol. The number of hydrogen-bond donors (Lipinski definition) is 1. The molecule has 0 aliphatic heterocycles. The highest BCUT2D eigenvalue weighted by Crippen LogP contribution is 2.16. The molecule has 1 unspecified atom stereocenters. The van der Waals surface area contributed by atoms with Crippen molar-refractivity contribution in [2.24, 2.45) is 0 Å². The lowest BCUT2D eigenvalue weighted by atomic mass is 10.0. The molecule has 0 amide bonds. The van der Waals surface area contributed by atoms with Gasteiger partial charge in [-0.2, -0.15) is 0 Å². The van der Waals surface area contributed by atoms with Crippen molar-refractivity contribution in [2.75, 3.05) is 7.05 Å². The molecule has 1 N–H and O–H groups in total. The highest BCUT2D eigenvalue weighted by molar-refractivity contribution is 5.20. The Kier molecular flexibility index (Phi) is 4.16. The zero-order valence-electron chi connectivity index (χ0n) is 10.8. The van der Waals surface area contributed by atoms with Crippen LogP contribution in [0.1, 0.15) is 23.0 Å². The summed E-state index contributed by atoms with van der Waals surface area (Å²) in [6.07, 6.45) is 3.87. The molecular weight excluding hydrogens is 248 g/mol. The molecule has 100 valence electrons. The fraction of sp³-hybridized carbons (Fsp3) is 0.286. The zero-order valence-corrected chi connectivity index (χ0v) is 10.8. The number of nitrogens with zero attached hydrogens (tertiary/aromatic N) is 2. The molecule has 0 fully saturated rings. The van der Waals surface area contributed by atoms with E-state index in [1.54, 1.807) is 19.4 Å². The van der Waals surface area contributed by atoms with Crippen LogP contribution in [0.15, 0.2) is 30.6 Å². The number of rotatable bonds is 4. The van der Waals surface area contributed by atoms with Crippen LogP contribution in [0.2, 0.25) is 0 Å². The van der Waals surface area contributed by atoms with E-state index < -0.39 is 11.6 Å². The molecule has 2 rings (SSSR count). The molecular formula is C14H15F2N3. The van der Waals surface area contributed by atoms with Crippen LogP contribution in [-0.4, -0.2) is 17.0 Å². The summed E-state index contributed by atoms with van der Waals surface area (Å²) in [6, 6.07) is 3.32. The third-order valence-corrected chi connectivity index (χ3v) is 2.82. The standard InChI is InChI=1S/C14H15F2N3/c1-9-7-18-14(19-8-9)13(17-2)5-10-3-11(15)6-12(16)4-10/h3-4,6-8,13,17H,5H2,1-2H3. The normalized spacial score (nSPS) is 12.4. The van der Waals surface area contributed by atoms with Crippen molar-refractivity contribution in [3.8, 4) is 0 Å². The maximum absolute atomic E-state index is 13.1. The molecule has 0 spiro atoms. The van der Waals surface area contributed by atoms with Crippen molar-refractivity contribution in [2.45, 2.75) is 19.4 Å². The van der Waals surface area contributed by atoms with E-state index >= 15 is 0 Å². The molecule has 1 aromatic heterocycles. The van der Waals surface area contributed by atoms with Crippen LogP contribution < -0.4 is 5.32 Å². The van der Waals surface area contributed by atoms with Crippen LogP contribution in [0.25, 0.3) is 0 Å². The summed E-state index contributed by atoms with van der Waals surface area (Å²) >= 11 is 0. The van der Waals surface area contributed by atoms with Crippen LogP contribution in [-0.2, 0) is 6.42 Å². The monoisotopic (exact) mass is 263 g/mol. The Hall–Kier alpha value is -1.88. The molecule has 0 aliphatic carbocycles. The second kappa shape index (κ2) is 5.84. The van der Waals surface area contributed by atoms with Gasteiger partial charge in [-0.25, -0.2) is 18.7 Å². The van der Waals surface area contributed by atoms with E-state index in [4.69, 9.17) is 0 Å². The average Bonchev–Trinajstić information content (AvgIpc) is 2.36. The van der Waals surface area contributed by atoms with Crippen LogP contribution in [0.5, 0.6) is 0 Å². The molecule has 2 aromatic rings. The number of nitrogens with one attached hydrogen (secondary N) is 1. The Morgan fingerprint density at radius 2 is 1.68 bits per heavy atom. The molecule has 0 aliphatic rings. The Bertz CT molecular complexity index is 535. The van der Waals surface area contributed by atoms with Crippen LogP contribution in [0, 0.1) is 18.6 Å². The van der Waals surface area contributed by atoms with Gasteiger partial charge in [-0.1, -0.05) is 0 Å². The summed E-state index contributed by atoms with van der Waals surface area (Å²) < 4.78 is 26.3. The summed E-state index contributed by atoms with van der Waals surface area (Å²) in [6.45, 7) is 1.90. The third kappa shape index (κ3) is 3.54. The molecule has 1 heterocycles. The summed E-state index contributed by atoms with van der Waals surface area (Å²) in [7, 11) is 1.77. The molecule has 5 heteroatoms. The minimum atomic E-state index is -0.574. The minimum Gasteiger partial charge on any atom is -0.310 e. The van der Waals surface area contributed by atoms with Gasteiger partial charge >= 0.3 is 0 Å². The summed E-state index contributed by atoms with van der Waals surface area (Å²) in [5, 5.41) is 3.06. The summed E-state index contributed by atoms with van der Waals surface area (Å²) in [4.78, 5) is 8.46. The molecule has 1 aromatic carbocycles. The first-order chi connectivity index (χ1) is 9.08. The Morgan fingerprint density at radius 3 is 2.21 bits per heavy atom. The SMILES string of the molecule is CNC(Cc1cc(F)cc(F)c1)c1ncc(C)cn1. The van der Waals surface area contributed by atoms with Gasteiger partial charge < -0.3 is 5.32 Å². The van der Waals surface area contributed by atoms with Crippen LogP contribution in [0.4, 0.5) is 8.78 Å². The lowest BCUT2D eigenvalue weighted by Crippen LogP contribution is -2.21. The van der Waals surface area contributed by atoms with E-state index in [-0.39, 0.29) is 6.04 Å². The minimum absolute atomic E-state index is 0.179. The van der Waals surface area contributed by atoms with Crippen LogP contribution in [0.3, 0.4) is 0 Å². The fourth-order valence-electron chi connectivity index (χ4n) is 1.87. The van der Waals surface area contributed by atoms with E-state index in [9.17, 15) is 8.78 Å². The molecule has 0 bridgehead atoms. The number of halogens is 2. The largest absolute Gasteiger partial charge is 0.310 e. The molecule has 0 saturated carbocycles. The predicted octanol–water partition coefficient (Wildman–Crippen LogP) is 2.57. The van der Waals surface area contributed by atoms with Crippen molar-refractivity contribution < 1.29 is 8.78 Å². The van der Waals surface area contributed by atoms with Crippen LogP contribution >= 0.6 is 0 Å². The smallest absolute Gasteiger partial charge is 0.145 e. The summed E-state index contributed by atoms with van der Waals surface area (Å²) in [5.74, 6) is -0.540. The van der Waals surface area contributed by atoms with E-state index in [2.05, 4.69) is 15.3 Å². The van der Waals surface area contributed by atoms with Crippen molar-refractivity contribution in [3.63, 3.8) is 0 Å². The quantitative estimate of drug-likeness (QED) is 0.921. The Labute approximate surface area is 110 Å². The highest BCUT2D eigenvalue weighted by atomic mass is 19.1. The first-order valence-corrected chi connectivity index (χ1v) is 5.99. The number of benzene rings is 1. The third-order valence-electron chi connectivity index (χ3n) is 2.82. The highest BCUT2D eigenvalue weighted by Gasteiger charge is 2.14. The zero-order chi connectivity index (χ0) is 13.8. The average molecular weight is 263 g/mol. The topological polar surface area (TPSA) is 37.8 Å². The number of likely N-dealkylation sites (N-methyl/N-ethyl adjacent to an activating group) is 1. The first kappa shape index (κ1) is 13.5. The van der Waals surface area contributed by atoms with Gasteiger partial charge in [0, 0.05) is 18.5 Å². The van der Waals surface area contributed by atoms with Gasteiger partial charge in [-0.05, 0) is 43.7 Å². The number of hydrogen-bond acceptors (Lipinski definition) is 3. The van der Waals surface area contributed by atoms with Gasteiger partial charge in [0.1, 0.15) is 17.5 Å². The van der Waals surface area contributed by atoms with Gasteiger partial charge in [-0.3, -0.25) is 0 Å². The lowest BCUT2D eigenvalue weighted by Gasteiger charge is -2.15. The van der Waals surface area contributed by atoms with Crippen molar-refractivity contribution >= 4 is 0 Å². The van der Waals surface area contributed by atoms with Crippen molar-refractivity contribution in [1.82, 2.24) is 15.3 Å². The molecule has 1 atom stereocenters. The van der Waals surface area contributed by atoms with Crippen molar-refractivity contribution in [3.05, 3.63) is 59.2 Å². The lowest BCUT2D eigenvalue weighted by molar-refractivity contribution is 0.543. The van der Waals surface area contributed by atoms with Gasteiger partial charge in [0.25, 0.3) is 0 Å². The Balaban J connectivity index is 2.21. The van der Waals surface area contributed by atoms with Gasteiger partial charge in [0.2, 0.25) is 0 Å².